The number of benzene rings is 1. The molecule has 2 aromatic rings. The van der Waals surface area contributed by atoms with Gasteiger partial charge < -0.3 is 5.32 Å². The normalized spacial score (nSPS) is 12.1. The maximum atomic E-state index is 10.7. The Balaban J connectivity index is 2.21. The summed E-state index contributed by atoms with van der Waals surface area (Å²) in [5.74, 6) is 0. The first-order chi connectivity index (χ1) is 9.11. The Bertz CT molecular complexity index is 574. The third-order valence-electron chi connectivity index (χ3n) is 2.65. The number of thiazole rings is 1. The van der Waals surface area contributed by atoms with Crippen molar-refractivity contribution in [3.05, 3.63) is 48.5 Å². The summed E-state index contributed by atoms with van der Waals surface area (Å²) >= 11 is 3.71. The van der Waals surface area contributed by atoms with E-state index in [-0.39, 0.29) is 16.7 Å². The molecule has 0 saturated carbocycles. The van der Waals surface area contributed by atoms with Crippen molar-refractivity contribution in [3.8, 4) is 0 Å². The SMILES string of the molecule is CCC(Nc1ccc([N+](=O)[O-])cc1I)c1nccs1. The Kier molecular flexibility index (Phi) is 4.70. The quantitative estimate of drug-likeness (QED) is 0.472. The highest BCUT2D eigenvalue weighted by Gasteiger charge is 2.15. The van der Waals surface area contributed by atoms with Crippen molar-refractivity contribution < 1.29 is 4.92 Å². The predicted molar refractivity (Wildman–Crippen MR) is 84.6 cm³/mol. The van der Waals surface area contributed by atoms with Crippen LogP contribution in [0.25, 0.3) is 0 Å². The van der Waals surface area contributed by atoms with Gasteiger partial charge in [0, 0.05) is 33.0 Å². The molecule has 1 heterocycles. The molecule has 0 bridgehead atoms. The lowest BCUT2D eigenvalue weighted by molar-refractivity contribution is -0.384. The van der Waals surface area contributed by atoms with Gasteiger partial charge in [0.15, 0.2) is 0 Å². The fourth-order valence-electron chi connectivity index (χ4n) is 1.67. The Morgan fingerprint density at radius 1 is 1.58 bits per heavy atom. The summed E-state index contributed by atoms with van der Waals surface area (Å²) in [5, 5.41) is 17.1. The molecule has 1 unspecified atom stereocenters. The average molecular weight is 389 g/mol. The number of anilines is 1. The smallest absolute Gasteiger partial charge is 0.270 e. The molecule has 0 fully saturated rings. The van der Waals surface area contributed by atoms with Gasteiger partial charge in [-0.25, -0.2) is 4.98 Å². The monoisotopic (exact) mass is 389 g/mol. The molecule has 0 saturated heterocycles. The zero-order chi connectivity index (χ0) is 13.8. The van der Waals surface area contributed by atoms with E-state index in [2.05, 4.69) is 39.8 Å². The lowest BCUT2D eigenvalue weighted by Gasteiger charge is -2.16. The topological polar surface area (TPSA) is 68.1 Å². The van der Waals surface area contributed by atoms with Crippen molar-refractivity contribution in [1.29, 1.82) is 0 Å². The molecule has 0 aliphatic heterocycles. The molecule has 19 heavy (non-hydrogen) atoms. The van der Waals surface area contributed by atoms with Crippen LogP contribution < -0.4 is 5.32 Å². The van der Waals surface area contributed by atoms with E-state index in [1.165, 1.54) is 6.07 Å². The van der Waals surface area contributed by atoms with Crippen molar-refractivity contribution >= 4 is 45.3 Å². The summed E-state index contributed by atoms with van der Waals surface area (Å²) in [6.45, 7) is 2.08. The van der Waals surface area contributed by atoms with Gasteiger partial charge in [0.25, 0.3) is 5.69 Å². The van der Waals surface area contributed by atoms with Crippen LogP contribution in [0.1, 0.15) is 24.4 Å². The van der Waals surface area contributed by atoms with Gasteiger partial charge in [-0.15, -0.1) is 11.3 Å². The number of rotatable bonds is 5. The van der Waals surface area contributed by atoms with E-state index in [0.29, 0.717) is 0 Å². The van der Waals surface area contributed by atoms with Crippen molar-refractivity contribution in [1.82, 2.24) is 4.98 Å². The molecule has 1 atom stereocenters. The van der Waals surface area contributed by atoms with Gasteiger partial charge in [-0.1, -0.05) is 6.92 Å². The second-order valence-corrected chi connectivity index (χ2v) is 5.99. The first-order valence-corrected chi connectivity index (χ1v) is 7.67. The number of hydrogen-bond donors (Lipinski definition) is 1. The van der Waals surface area contributed by atoms with E-state index in [9.17, 15) is 10.1 Å². The van der Waals surface area contributed by atoms with Crippen molar-refractivity contribution in [2.45, 2.75) is 19.4 Å². The maximum absolute atomic E-state index is 10.7. The van der Waals surface area contributed by atoms with Gasteiger partial charge in [-0.05, 0) is 35.1 Å². The van der Waals surface area contributed by atoms with Crippen LogP contribution in [-0.2, 0) is 0 Å². The average Bonchev–Trinajstić information content (AvgIpc) is 2.91. The number of nitro benzene ring substituents is 1. The van der Waals surface area contributed by atoms with E-state index >= 15 is 0 Å². The van der Waals surface area contributed by atoms with Crippen molar-refractivity contribution in [2.75, 3.05) is 5.32 Å². The summed E-state index contributed by atoms with van der Waals surface area (Å²) in [4.78, 5) is 14.6. The van der Waals surface area contributed by atoms with Gasteiger partial charge in [-0.2, -0.15) is 0 Å². The van der Waals surface area contributed by atoms with Crippen LogP contribution in [0.4, 0.5) is 11.4 Å². The Morgan fingerprint density at radius 3 is 2.89 bits per heavy atom. The zero-order valence-electron chi connectivity index (χ0n) is 10.2. The fraction of sp³-hybridized carbons (Fsp3) is 0.250. The number of aromatic nitrogens is 1. The summed E-state index contributed by atoms with van der Waals surface area (Å²) in [5.41, 5.74) is 1.01. The second kappa shape index (κ2) is 6.29. The molecule has 1 aromatic heterocycles. The van der Waals surface area contributed by atoms with Crippen LogP contribution >= 0.6 is 33.9 Å². The van der Waals surface area contributed by atoms with Crippen LogP contribution in [0.15, 0.2) is 29.8 Å². The highest BCUT2D eigenvalue weighted by atomic mass is 127. The molecule has 0 radical (unpaired) electrons. The zero-order valence-corrected chi connectivity index (χ0v) is 13.1. The molecule has 1 N–H and O–H groups in total. The van der Waals surface area contributed by atoms with Crippen LogP contribution in [0, 0.1) is 13.7 Å². The molecule has 1 aromatic carbocycles. The second-order valence-electron chi connectivity index (χ2n) is 3.90. The highest BCUT2D eigenvalue weighted by Crippen LogP contribution is 2.29. The van der Waals surface area contributed by atoms with Gasteiger partial charge in [-0.3, -0.25) is 10.1 Å². The molecule has 0 spiro atoms. The summed E-state index contributed by atoms with van der Waals surface area (Å²) < 4.78 is 0.835. The minimum atomic E-state index is -0.385. The molecular weight excluding hydrogens is 377 g/mol. The fourth-order valence-corrected chi connectivity index (χ4v) is 3.09. The Hall–Kier alpha value is -1.22. The van der Waals surface area contributed by atoms with Crippen LogP contribution in [0.5, 0.6) is 0 Å². The third-order valence-corrected chi connectivity index (χ3v) is 4.43. The molecule has 0 amide bonds. The molecule has 0 aliphatic carbocycles. The number of halogens is 1. The van der Waals surface area contributed by atoms with E-state index in [4.69, 9.17) is 0 Å². The number of nitrogens with one attached hydrogen (secondary N) is 1. The Morgan fingerprint density at radius 2 is 2.37 bits per heavy atom. The van der Waals surface area contributed by atoms with E-state index < -0.39 is 0 Å². The standard InChI is InChI=1S/C12H12IN3O2S/c1-2-10(12-14-5-6-19-12)15-11-4-3-8(16(17)18)7-9(11)13/h3-7,10,15H,2H2,1H3. The summed E-state index contributed by atoms with van der Waals surface area (Å²) in [6, 6.07) is 4.96. The number of hydrogen-bond acceptors (Lipinski definition) is 5. The maximum Gasteiger partial charge on any atom is 0.270 e. The minimum Gasteiger partial charge on any atom is -0.375 e. The predicted octanol–water partition coefficient (Wildman–Crippen LogP) is 4.22. The van der Waals surface area contributed by atoms with E-state index in [0.717, 1.165) is 20.7 Å². The number of nitrogens with zero attached hydrogens (tertiary/aromatic N) is 2. The van der Waals surface area contributed by atoms with Gasteiger partial charge in [0.2, 0.25) is 0 Å². The number of non-ortho nitro benzene ring substituents is 1. The largest absolute Gasteiger partial charge is 0.375 e. The summed E-state index contributed by atoms with van der Waals surface area (Å²) in [6.07, 6.45) is 2.69. The molecule has 7 heteroatoms. The van der Waals surface area contributed by atoms with Gasteiger partial charge >= 0.3 is 0 Å². The molecule has 0 aliphatic rings. The highest BCUT2D eigenvalue weighted by molar-refractivity contribution is 14.1. The first-order valence-electron chi connectivity index (χ1n) is 5.71. The molecule has 2 rings (SSSR count). The first kappa shape index (κ1) is 14.2. The molecule has 5 nitrogen and oxygen atoms in total. The van der Waals surface area contributed by atoms with Crippen molar-refractivity contribution in [2.24, 2.45) is 0 Å². The minimum absolute atomic E-state index is 0.109. The molecule has 100 valence electrons. The Labute approximate surface area is 128 Å². The van der Waals surface area contributed by atoms with E-state index in [1.54, 1.807) is 29.7 Å². The van der Waals surface area contributed by atoms with Crippen LogP contribution in [0.3, 0.4) is 0 Å². The lowest BCUT2D eigenvalue weighted by atomic mass is 10.2. The summed E-state index contributed by atoms with van der Waals surface area (Å²) in [7, 11) is 0. The lowest BCUT2D eigenvalue weighted by Crippen LogP contribution is -2.10. The van der Waals surface area contributed by atoms with Gasteiger partial charge in [0.1, 0.15) is 5.01 Å². The molecular formula is C12H12IN3O2S. The van der Waals surface area contributed by atoms with Crippen molar-refractivity contribution in [3.63, 3.8) is 0 Å². The van der Waals surface area contributed by atoms with Gasteiger partial charge in [0.05, 0.1) is 11.0 Å². The van der Waals surface area contributed by atoms with Crippen LogP contribution in [-0.4, -0.2) is 9.91 Å². The van der Waals surface area contributed by atoms with E-state index in [1.807, 2.05) is 5.38 Å². The third kappa shape index (κ3) is 3.41. The number of nitro groups is 1. The van der Waals surface area contributed by atoms with Crippen LogP contribution in [0.2, 0.25) is 0 Å².